The molecule has 0 aliphatic rings. The molecule has 0 spiro atoms. The lowest BCUT2D eigenvalue weighted by atomic mass is 10.1. The zero-order valence-corrected chi connectivity index (χ0v) is 12.1. The fraction of sp³-hybridized carbons (Fsp3) is 0.188. The lowest BCUT2D eigenvalue weighted by Gasteiger charge is -2.21. The van der Waals surface area contributed by atoms with Gasteiger partial charge in [-0.1, -0.05) is 29.8 Å². The van der Waals surface area contributed by atoms with E-state index in [0.29, 0.717) is 18.7 Å². The summed E-state index contributed by atoms with van der Waals surface area (Å²) in [6, 6.07) is 15.7. The maximum atomic E-state index is 8.81. The van der Waals surface area contributed by atoms with E-state index in [2.05, 4.69) is 11.0 Å². The molecule has 0 radical (unpaired) electrons. The molecule has 0 bridgehead atoms. The molecular weight excluding hydrogens is 270 g/mol. The average Bonchev–Trinajstić information content (AvgIpc) is 2.44. The summed E-state index contributed by atoms with van der Waals surface area (Å²) in [5.74, 6) is 0. The Labute approximate surface area is 124 Å². The van der Waals surface area contributed by atoms with Crippen molar-refractivity contribution < 1.29 is 0 Å². The van der Waals surface area contributed by atoms with Crippen LogP contribution in [0.1, 0.15) is 11.1 Å². The number of anilines is 2. The average molecular weight is 286 g/mol. The van der Waals surface area contributed by atoms with Crippen molar-refractivity contribution in [1.82, 2.24) is 0 Å². The lowest BCUT2D eigenvalue weighted by Crippen LogP contribution is -2.17. The van der Waals surface area contributed by atoms with Crippen LogP contribution in [0, 0.1) is 11.3 Å². The molecule has 0 aromatic heterocycles. The van der Waals surface area contributed by atoms with E-state index in [1.165, 1.54) is 0 Å². The summed E-state index contributed by atoms with van der Waals surface area (Å²) in [4.78, 5) is 2.08. The van der Waals surface area contributed by atoms with Crippen LogP contribution in [0.2, 0.25) is 5.02 Å². The van der Waals surface area contributed by atoms with Gasteiger partial charge >= 0.3 is 0 Å². The van der Waals surface area contributed by atoms with Crippen molar-refractivity contribution in [3.8, 4) is 6.07 Å². The van der Waals surface area contributed by atoms with Crippen LogP contribution in [0.3, 0.4) is 0 Å². The minimum Gasteiger partial charge on any atom is -0.398 e. The molecule has 2 N–H and O–H groups in total. The third-order valence-electron chi connectivity index (χ3n) is 3.20. The van der Waals surface area contributed by atoms with E-state index in [0.717, 1.165) is 21.8 Å². The first-order chi connectivity index (χ1) is 9.61. The Bertz CT molecular complexity index is 646. The highest BCUT2D eigenvalue weighted by Crippen LogP contribution is 2.24. The van der Waals surface area contributed by atoms with Crippen molar-refractivity contribution in [2.75, 3.05) is 17.7 Å². The number of nitrogens with zero attached hydrogens (tertiary/aromatic N) is 2. The zero-order chi connectivity index (χ0) is 14.5. The van der Waals surface area contributed by atoms with E-state index >= 15 is 0 Å². The molecule has 102 valence electrons. The molecule has 0 atom stereocenters. The van der Waals surface area contributed by atoms with Crippen LogP contribution < -0.4 is 10.6 Å². The van der Waals surface area contributed by atoms with Crippen LogP contribution in [0.4, 0.5) is 11.4 Å². The molecule has 0 unspecified atom stereocenters. The van der Waals surface area contributed by atoms with Gasteiger partial charge in [0.25, 0.3) is 0 Å². The molecule has 0 fully saturated rings. The van der Waals surface area contributed by atoms with E-state index < -0.39 is 0 Å². The maximum Gasteiger partial charge on any atom is 0.0670 e. The Kier molecular flexibility index (Phi) is 4.49. The Hall–Kier alpha value is -2.18. The summed E-state index contributed by atoms with van der Waals surface area (Å²) < 4.78 is 0. The summed E-state index contributed by atoms with van der Waals surface area (Å²) in [6.45, 7) is 0.704. The van der Waals surface area contributed by atoms with Crippen molar-refractivity contribution in [2.24, 2.45) is 0 Å². The first-order valence-corrected chi connectivity index (χ1v) is 6.69. The third-order valence-corrected chi connectivity index (χ3v) is 3.57. The first-order valence-electron chi connectivity index (χ1n) is 6.31. The van der Waals surface area contributed by atoms with Crippen LogP contribution in [0.25, 0.3) is 0 Å². The Morgan fingerprint density at radius 3 is 2.65 bits per heavy atom. The van der Waals surface area contributed by atoms with Crippen LogP contribution in [-0.2, 0) is 13.0 Å². The molecule has 0 aliphatic heterocycles. The van der Waals surface area contributed by atoms with Crippen LogP contribution in [-0.4, -0.2) is 7.05 Å². The molecule has 2 aromatic carbocycles. The number of nitrogen functional groups attached to an aromatic ring is 1. The van der Waals surface area contributed by atoms with Gasteiger partial charge in [0.15, 0.2) is 0 Å². The monoisotopic (exact) mass is 285 g/mol. The van der Waals surface area contributed by atoms with Crippen molar-refractivity contribution in [3.63, 3.8) is 0 Å². The topological polar surface area (TPSA) is 53.0 Å². The molecule has 0 saturated carbocycles. The molecular formula is C16H16ClN3. The molecule has 4 heteroatoms. The van der Waals surface area contributed by atoms with E-state index in [-0.39, 0.29) is 0 Å². The Balaban J connectivity index is 2.21. The predicted molar refractivity (Wildman–Crippen MR) is 83.7 cm³/mol. The summed E-state index contributed by atoms with van der Waals surface area (Å²) in [6.07, 6.45) is 0.319. The van der Waals surface area contributed by atoms with Gasteiger partial charge in [-0.2, -0.15) is 5.26 Å². The summed E-state index contributed by atoms with van der Waals surface area (Å²) in [5.41, 5.74) is 9.46. The molecule has 2 aromatic rings. The molecule has 0 amide bonds. The molecule has 0 saturated heterocycles. The summed E-state index contributed by atoms with van der Waals surface area (Å²) >= 11 is 6.17. The van der Waals surface area contributed by atoms with Crippen LogP contribution in [0.15, 0.2) is 42.5 Å². The Morgan fingerprint density at radius 2 is 1.95 bits per heavy atom. The fourth-order valence-corrected chi connectivity index (χ4v) is 2.24. The van der Waals surface area contributed by atoms with Gasteiger partial charge in [0, 0.05) is 30.0 Å². The minimum absolute atomic E-state index is 0.319. The smallest absolute Gasteiger partial charge is 0.0670 e. The summed E-state index contributed by atoms with van der Waals surface area (Å²) in [5, 5.41) is 9.57. The molecule has 20 heavy (non-hydrogen) atoms. The van der Waals surface area contributed by atoms with Gasteiger partial charge in [-0.3, -0.25) is 0 Å². The van der Waals surface area contributed by atoms with Crippen LogP contribution in [0.5, 0.6) is 0 Å². The highest BCUT2D eigenvalue weighted by molar-refractivity contribution is 6.31. The SMILES string of the molecule is CN(Cc1ccccc1Cl)c1ccc(N)c(CC#N)c1. The van der Waals surface area contributed by atoms with Crippen LogP contribution >= 0.6 is 11.6 Å². The second-order valence-corrected chi connectivity index (χ2v) is 5.07. The largest absolute Gasteiger partial charge is 0.398 e. The van der Waals surface area contributed by atoms with Gasteiger partial charge in [0.1, 0.15) is 0 Å². The molecule has 0 heterocycles. The zero-order valence-electron chi connectivity index (χ0n) is 11.3. The van der Waals surface area contributed by atoms with Crippen molar-refractivity contribution in [2.45, 2.75) is 13.0 Å². The number of hydrogen-bond donors (Lipinski definition) is 1. The minimum atomic E-state index is 0.319. The van der Waals surface area contributed by atoms with Gasteiger partial charge in [0.2, 0.25) is 0 Å². The van der Waals surface area contributed by atoms with Crippen molar-refractivity contribution in [1.29, 1.82) is 5.26 Å². The van der Waals surface area contributed by atoms with E-state index in [1.807, 2.05) is 49.5 Å². The second kappa shape index (κ2) is 6.31. The highest BCUT2D eigenvalue weighted by atomic mass is 35.5. The van der Waals surface area contributed by atoms with Gasteiger partial charge < -0.3 is 10.6 Å². The van der Waals surface area contributed by atoms with Gasteiger partial charge in [-0.25, -0.2) is 0 Å². The normalized spacial score (nSPS) is 10.1. The van der Waals surface area contributed by atoms with Gasteiger partial charge in [-0.05, 0) is 35.4 Å². The standard InChI is InChI=1S/C16H16ClN3/c1-20(11-13-4-2-3-5-15(13)17)14-6-7-16(19)12(10-14)8-9-18/h2-7,10H,8,11,19H2,1H3. The summed E-state index contributed by atoms with van der Waals surface area (Å²) in [7, 11) is 1.99. The highest BCUT2D eigenvalue weighted by Gasteiger charge is 2.07. The number of benzene rings is 2. The number of nitriles is 1. The van der Waals surface area contributed by atoms with E-state index in [1.54, 1.807) is 0 Å². The van der Waals surface area contributed by atoms with E-state index in [4.69, 9.17) is 22.6 Å². The van der Waals surface area contributed by atoms with Crippen molar-refractivity contribution in [3.05, 3.63) is 58.6 Å². The molecule has 2 rings (SSSR count). The lowest BCUT2D eigenvalue weighted by molar-refractivity contribution is 0.922. The molecule has 3 nitrogen and oxygen atoms in total. The fourth-order valence-electron chi connectivity index (χ4n) is 2.04. The number of rotatable bonds is 4. The predicted octanol–water partition coefficient (Wildman–Crippen LogP) is 3.62. The Morgan fingerprint density at radius 1 is 1.20 bits per heavy atom. The number of halogens is 1. The van der Waals surface area contributed by atoms with Gasteiger partial charge in [0.05, 0.1) is 12.5 Å². The first kappa shape index (κ1) is 14.2. The number of hydrogen-bond acceptors (Lipinski definition) is 3. The second-order valence-electron chi connectivity index (χ2n) is 4.67. The number of nitrogens with two attached hydrogens (primary N) is 1. The molecule has 0 aliphatic carbocycles. The third kappa shape index (κ3) is 3.23. The maximum absolute atomic E-state index is 8.81. The van der Waals surface area contributed by atoms with E-state index in [9.17, 15) is 0 Å². The quantitative estimate of drug-likeness (QED) is 0.873. The van der Waals surface area contributed by atoms with Crippen molar-refractivity contribution >= 4 is 23.0 Å². The van der Waals surface area contributed by atoms with Gasteiger partial charge in [-0.15, -0.1) is 0 Å².